The molecule has 1 amide bonds. The van der Waals surface area contributed by atoms with Crippen molar-refractivity contribution in [1.29, 1.82) is 0 Å². The number of aromatic nitrogens is 5. The summed E-state index contributed by atoms with van der Waals surface area (Å²) in [6, 6.07) is 1.42. The highest BCUT2D eigenvalue weighted by Gasteiger charge is 2.75. The highest BCUT2D eigenvalue weighted by atomic mass is 19.4. The molecule has 0 radical (unpaired) electrons. The molecule has 0 aromatic carbocycles. The fourth-order valence-corrected chi connectivity index (χ4v) is 5.60. The maximum Gasteiger partial charge on any atom is 0.434 e. The second-order valence-corrected chi connectivity index (χ2v) is 9.41. The van der Waals surface area contributed by atoms with Crippen LogP contribution < -0.4 is 5.32 Å². The minimum Gasteiger partial charge on any atom is -0.364 e. The average Bonchev–Trinajstić information content (AvgIpc) is 3.47. The molecule has 4 unspecified atom stereocenters. The molecule has 1 spiro atoms. The van der Waals surface area contributed by atoms with E-state index in [9.17, 15) is 22.4 Å². The molecule has 8 nitrogen and oxygen atoms in total. The lowest BCUT2D eigenvalue weighted by molar-refractivity contribution is -0.141. The smallest absolute Gasteiger partial charge is 0.364 e. The van der Waals surface area contributed by atoms with Crippen molar-refractivity contribution in [2.24, 2.45) is 11.3 Å². The Hall–Kier alpha value is -3.70. The number of aryl methyl sites for hydroxylation is 1. The van der Waals surface area contributed by atoms with Crippen LogP contribution in [0.2, 0.25) is 0 Å². The number of amides is 1. The number of nitrogens with zero attached hydrogens (tertiary/aromatic N) is 6. The normalized spacial score (nSPS) is 26.5. The predicted molar refractivity (Wildman–Crippen MR) is 114 cm³/mol. The van der Waals surface area contributed by atoms with Crippen LogP contribution in [0.25, 0.3) is 11.5 Å². The number of halogens is 4. The topological polar surface area (TPSA) is 96.8 Å². The van der Waals surface area contributed by atoms with Gasteiger partial charge in [0, 0.05) is 18.8 Å². The highest BCUT2D eigenvalue weighted by molar-refractivity contribution is 6.00. The Labute approximate surface area is 196 Å². The summed E-state index contributed by atoms with van der Waals surface area (Å²) in [6.07, 6.45) is 2.65. The maximum atomic E-state index is 13.7. The summed E-state index contributed by atoms with van der Waals surface area (Å²) in [5.74, 6) is -0.0589. The predicted octanol–water partition coefficient (Wildman–Crippen LogP) is 3.51. The van der Waals surface area contributed by atoms with E-state index in [1.165, 1.54) is 0 Å². The summed E-state index contributed by atoms with van der Waals surface area (Å²) < 4.78 is 51.7. The molecule has 4 atom stereocenters. The fraction of sp³-hybridized carbons (Fsp3) is 0.391. The third-order valence-electron chi connectivity index (χ3n) is 7.23. The molecular weight excluding hydrogens is 466 g/mol. The Balaban J connectivity index is 1.27. The van der Waals surface area contributed by atoms with Crippen molar-refractivity contribution in [2.75, 3.05) is 11.9 Å². The SMILES string of the molecule is Cc1cnc(-c2ncc(F)cn2)c(C(=O)N2CC3CC34CC(Nc3cnc(C(F)(F)F)cn3)C24)c1. The number of likely N-dealkylation sites (tertiary alicyclic amines) is 1. The largest absolute Gasteiger partial charge is 0.434 e. The maximum absolute atomic E-state index is 13.7. The van der Waals surface area contributed by atoms with E-state index in [1.54, 1.807) is 17.2 Å². The number of carbonyl (C=O) groups is 1. The van der Waals surface area contributed by atoms with E-state index in [4.69, 9.17) is 0 Å². The second kappa shape index (κ2) is 7.40. The summed E-state index contributed by atoms with van der Waals surface area (Å²) in [5.41, 5.74) is 0.342. The average molecular weight is 485 g/mol. The van der Waals surface area contributed by atoms with Crippen LogP contribution >= 0.6 is 0 Å². The van der Waals surface area contributed by atoms with Gasteiger partial charge >= 0.3 is 6.18 Å². The highest BCUT2D eigenvalue weighted by Crippen LogP contribution is 2.71. The first-order chi connectivity index (χ1) is 16.7. The quantitative estimate of drug-likeness (QED) is 0.565. The zero-order valence-corrected chi connectivity index (χ0v) is 18.4. The van der Waals surface area contributed by atoms with Crippen LogP contribution in [0.5, 0.6) is 0 Å². The number of piperidine rings is 1. The molecule has 180 valence electrons. The number of rotatable bonds is 4. The lowest BCUT2D eigenvalue weighted by Gasteiger charge is -2.48. The van der Waals surface area contributed by atoms with E-state index in [1.807, 2.05) is 6.92 Å². The van der Waals surface area contributed by atoms with Crippen LogP contribution in [0.4, 0.5) is 23.4 Å². The van der Waals surface area contributed by atoms with E-state index in [-0.39, 0.29) is 40.7 Å². The van der Waals surface area contributed by atoms with Gasteiger partial charge < -0.3 is 10.2 Å². The third kappa shape index (κ3) is 3.50. The van der Waals surface area contributed by atoms with Gasteiger partial charge in [-0.05, 0) is 42.7 Å². The van der Waals surface area contributed by atoms with Gasteiger partial charge in [-0.1, -0.05) is 0 Å². The van der Waals surface area contributed by atoms with E-state index in [0.29, 0.717) is 24.2 Å². The van der Waals surface area contributed by atoms with E-state index >= 15 is 0 Å². The monoisotopic (exact) mass is 485 g/mol. The van der Waals surface area contributed by atoms with Crippen molar-refractivity contribution in [1.82, 2.24) is 29.8 Å². The number of hydrogen-bond acceptors (Lipinski definition) is 7. The Bertz CT molecular complexity index is 1310. The molecule has 3 fully saturated rings. The number of nitrogens with one attached hydrogen (secondary N) is 1. The molecule has 1 aliphatic heterocycles. The van der Waals surface area contributed by atoms with Gasteiger partial charge in [-0.2, -0.15) is 13.2 Å². The second-order valence-electron chi connectivity index (χ2n) is 9.41. The molecule has 2 saturated carbocycles. The van der Waals surface area contributed by atoms with Crippen molar-refractivity contribution in [3.63, 3.8) is 0 Å². The molecule has 3 aromatic heterocycles. The van der Waals surface area contributed by atoms with E-state index in [0.717, 1.165) is 37.0 Å². The Morgan fingerprint density at radius 2 is 1.83 bits per heavy atom. The summed E-state index contributed by atoms with van der Waals surface area (Å²) in [4.78, 5) is 35.2. The van der Waals surface area contributed by atoms with Gasteiger partial charge in [0.05, 0.1) is 36.4 Å². The first kappa shape index (κ1) is 21.8. The molecule has 4 heterocycles. The van der Waals surface area contributed by atoms with Crippen LogP contribution in [0, 0.1) is 24.1 Å². The summed E-state index contributed by atoms with van der Waals surface area (Å²) >= 11 is 0. The lowest BCUT2D eigenvalue weighted by Crippen LogP contribution is -2.60. The van der Waals surface area contributed by atoms with Crippen molar-refractivity contribution >= 4 is 11.7 Å². The number of alkyl halides is 3. The summed E-state index contributed by atoms with van der Waals surface area (Å²) in [7, 11) is 0. The number of pyridine rings is 1. The zero-order chi connectivity index (χ0) is 24.5. The molecule has 2 aliphatic carbocycles. The first-order valence-corrected chi connectivity index (χ1v) is 11.1. The van der Waals surface area contributed by atoms with Gasteiger partial charge in [0.2, 0.25) is 0 Å². The molecule has 35 heavy (non-hydrogen) atoms. The van der Waals surface area contributed by atoms with Crippen molar-refractivity contribution in [3.8, 4) is 11.5 Å². The number of hydrogen-bond donors (Lipinski definition) is 1. The number of anilines is 1. The molecule has 1 saturated heterocycles. The minimum absolute atomic E-state index is 0.0243. The van der Waals surface area contributed by atoms with Gasteiger partial charge in [-0.25, -0.2) is 24.3 Å². The Morgan fingerprint density at radius 1 is 1.06 bits per heavy atom. The van der Waals surface area contributed by atoms with Crippen molar-refractivity contribution in [3.05, 3.63) is 59.7 Å². The minimum atomic E-state index is -4.56. The molecular formula is C23H19F4N7O. The standard InChI is InChI=1S/C23H19F4N7O/c1-11-2-14(18(30-5-11)20-31-6-13(24)7-32-20)21(35)34-10-12-3-22(12)4-15(19(22)34)33-17-9-28-16(8-29-17)23(25,26)27/h2,5-9,12,15,19H,3-4,10H2,1H3,(H,29,33). The van der Waals surface area contributed by atoms with Crippen LogP contribution in [0.1, 0.15) is 34.5 Å². The summed E-state index contributed by atoms with van der Waals surface area (Å²) in [5, 5.41) is 3.16. The van der Waals surface area contributed by atoms with Crippen LogP contribution in [-0.4, -0.2) is 54.4 Å². The zero-order valence-electron chi connectivity index (χ0n) is 18.4. The number of carbonyl (C=O) groups excluding carboxylic acids is 1. The van der Waals surface area contributed by atoms with Crippen LogP contribution in [-0.2, 0) is 6.18 Å². The molecule has 12 heteroatoms. The van der Waals surface area contributed by atoms with E-state index in [2.05, 4.69) is 30.2 Å². The molecule has 1 N–H and O–H groups in total. The fourth-order valence-electron chi connectivity index (χ4n) is 5.60. The van der Waals surface area contributed by atoms with Gasteiger partial charge in [0.15, 0.2) is 17.3 Å². The Morgan fingerprint density at radius 3 is 2.51 bits per heavy atom. The Kier molecular flexibility index (Phi) is 4.61. The van der Waals surface area contributed by atoms with Gasteiger partial charge in [0.1, 0.15) is 11.5 Å². The summed E-state index contributed by atoms with van der Waals surface area (Å²) in [6.45, 7) is 2.40. The van der Waals surface area contributed by atoms with E-state index < -0.39 is 17.7 Å². The van der Waals surface area contributed by atoms with Crippen LogP contribution in [0.15, 0.2) is 37.1 Å². The first-order valence-electron chi connectivity index (χ1n) is 11.1. The van der Waals surface area contributed by atoms with Gasteiger partial charge in [-0.15, -0.1) is 0 Å². The van der Waals surface area contributed by atoms with Gasteiger partial charge in [-0.3, -0.25) is 9.78 Å². The molecule has 3 aliphatic rings. The molecule has 6 rings (SSSR count). The van der Waals surface area contributed by atoms with Crippen molar-refractivity contribution < 1.29 is 22.4 Å². The lowest BCUT2D eigenvalue weighted by atomic mass is 9.71. The van der Waals surface area contributed by atoms with Gasteiger partial charge in [0.25, 0.3) is 5.91 Å². The van der Waals surface area contributed by atoms with Crippen molar-refractivity contribution in [2.45, 2.75) is 38.0 Å². The van der Waals surface area contributed by atoms with Crippen LogP contribution in [0.3, 0.4) is 0 Å². The molecule has 3 aromatic rings. The molecule has 0 bridgehead atoms. The third-order valence-corrected chi connectivity index (χ3v) is 7.23.